The molecule has 2 aromatic carbocycles. The third kappa shape index (κ3) is 5.85. The molecule has 0 spiro atoms. The summed E-state index contributed by atoms with van der Waals surface area (Å²) < 4.78 is 0. The summed E-state index contributed by atoms with van der Waals surface area (Å²) in [6.45, 7) is 2.69. The molecule has 0 unspecified atom stereocenters. The second-order valence-corrected chi connectivity index (χ2v) is 7.19. The quantitative estimate of drug-likeness (QED) is 0.439. The fourth-order valence-corrected chi connectivity index (χ4v) is 3.35. The van der Waals surface area contributed by atoms with Crippen LogP contribution in [0.4, 0.5) is 0 Å². The zero-order valence-corrected chi connectivity index (χ0v) is 16.8. The Labute approximate surface area is 171 Å². The highest BCUT2D eigenvalue weighted by molar-refractivity contribution is 6.42. The molecule has 0 N–H and O–H groups in total. The van der Waals surface area contributed by atoms with E-state index in [2.05, 4.69) is 35.2 Å². The Hall–Kier alpha value is -1.32. The van der Waals surface area contributed by atoms with Crippen LogP contribution < -0.4 is 0 Å². The van der Waals surface area contributed by atoms with Crippen molar-refractivity contribution in [3.05, 3.63) is 81.4 Å². The molecular weight excluding hydrogens is 389 g/mol. The number of ketones is 1. The molecule has 0 bridgehead atoms. The van der Waals surface area contributed by atoms with Gasteiger partial charge >= 0.3 is 0 Å². The molecule has 0 saturated carbocycles. The van der Waals surface area contributed by atoms with Gasteiger partial charge in [-0.3, -0.25) is 9.69 Å². The average Bonchev–Trinajstić information content (AvgIpc) is 2.64. The van der Waals surface area contributed by atoms with Crippen molar-refractivity contribution in [1.29, 1.82) is 0 Å². The number of hydrogen-bond donors (Lipinski definition) is 0. The van der Waals surface area contributed by atoms with Crippen molar-refractivity contribution in [2.45, 2.75) is 19.3 Å². The lowest BCUT2D eigenvalue weighted by atomic mass is 9.99. The minimum Gasteiger partial charge on any atom is -0.299 e. The molecule has 5 heteroatoms. The lowest BCUT2D eigenvalue weighted by Gasteiger charge is -2.26. The summed E-state index contributed by atoms with van der Waals surface area (Å²) in [5.41, 5.74) is 3.47. The third-order valence-electron chi connectivity index (χ3n) is 4.56. The maximum absolute atomic E-state index is 12.3. The van der Waals surface area contributed by atoms with Gasteiger partial charge < -0.3 is 0 Å². The zero-order chi connectivity index (χ0) is 17.6. The second-order valence-electron chi connectivity index (χ2n) is 6.38. The van der Waals surface area contributed by atoms with E-state index < -0.39 is 0 Å². The molecule has 138 valence electrons. The Morgan fingerprint density at radius 1 is 1.04 bits per heavy atom. The van der Waals surface area contributed by atoms with E-state index in [1.165, 1.54) is 11.1 Å². The van der Waals surface area contributed by atoms with E-state index in [1.54, 1.807) is 18.2 Å². The van der Waals surface area contributed by atoms with Crippen LogP contribution in [-0.2, 0) is 6.42 Å². The molecule has 3 rings (SSSR count). The molecule has 0 radical (unpaired) electrons. The summed E-state index contributed by atoms with van der Waals surface area (Å²) in [6.07, 6.45) is 4.90. The van der Waals surface area contributed by atoms with E-state index in [0.29, 0.717) is 22.0 Å². The van der Waals surface area contributed by atoms with E-state index in [4.69, 9.17) is 23.2 Å². The van der Waals surface area contributed by atoms with Gasteiger partial charge in [-0.2, -0.15) is 0 Å². The van der Waals surface area contributed by atoms with Crippen molar-refractivity contribution in [1.82, 2.24) is 4.90 Å². The van der Waals surface area contributed by atoms with Crippen molar-refractivity contribution in [3.63, 3.8) is 0 Å². The van der Waals surface area contributed by atoms with Crippen LogP contribution in [0.5, 0.6) is 0 Å². The minimum absolute atomic E-state index is 0. The van der Waals surface area contributed by atoms with Crippen LogP contribution in [0.15, 0.2) is 60.2 Å². The Balaban J connectivity index is 0.00000243. The third-order valence-corrected chi connectivity index (χ3v) is 5.30. The smallest absolute Gasteiger partial charge is 0.164 e. The normalized spacial score (nSPS) is 14.5. The van der Waals surface area contributed by atoms with Crippen LogP contribution >= 0.6 is 35.6 Å². The molecular formula is C21H22Cl3NO. The number of halogens is 3. The van der Waals surface area contributed by atoms with Gasteiger partial charge in [-0.25, -0.2) is 0 Å². The summed E-state index contributed by atoms with van der Waals surface area (Å²) >= 11 is 11.9. The topological polar surface area (TPSA) is 20.3 Å². The van der Waals surface area contributed by atoms with Gasteiger partial charge in [0.15, 0.2) is 5.78 Å². The van der Waals surface area contributed by atoms with Crippen molar-refractivity contribution < 1.29 is 4.79 Å². The Bertz CT molecular complexity index is 774. The van der Waals surface area contributed by atoms with Gasteiger partial charge in [0.25, 0.3) is 0 Å². The van der Waals surface area contributed by atoms with Gasteiger partial charge in [-0.15, -0.1) is 12.4 Å². The highest BCUT2D eigenvalue weighted by Gasteiger charge is 2.14. The number of carbonyl (C=O) groups is 1. The van der Waals surface area contributed by atoms with Crippen molar-refractivity contribution in [2.24, 2.45) is 0 Å². The van der Waals surface area contributed by atoms with Crippen LogP contribution in [-0.4, -0.2) is 30.3 Å². The van der Waals surface area contributed by atoms with E-state index in [0.717, 1.165) is 32.5 Å². The standard InChI is InChI=1S/C21H21Cl2NO.ClH/c22-19-7-6-18(15-20(19)23)21(25)10-13-24-11-8-17(9-12-24)14-16-4-2-1-3-5-16;/h1-8,15H,9-14H2;1H. The zero-order valence-electron chi connectivity index (χ0n) is 14.5. The van der Waals surface area contributed by atoms with E-state index in [-0.39, 0.29) is 18.2 Å². The van der Waals surface area contributed by atoms with E-state index in [9.17, 15) is 4.79 Å². The Morgan fingerprint density at radius 3 is 2.46 bits per heavy atom. The van der Waals surface area contributed by atoms with Gasteiger partial charge in [0.1, 0.15) is 0 Å². The Morgan fingerprint density at radius 2 is 1.81 bits per heavy atom. The summed E-state index contributed by atoms with van der Waals surface area (Å²) in [5.74, 6) is 0.109. The fourth-order valence-electron chi connectivity index (χ4n) is 3.05. The Kier molecular flexibility index (Phi) is 8.17. The first-order valence-electron chi connectivity index (χ1n) is 8.54. The number of hydrogen-bond acceptors (Lipinski definition) is 2. The first-order valence-corrected chi connectivity index (χ1v) is 9.30. The van der Waals surface area contributed by atoms with Gasteiger partial charge in [0.2, 0.25) is 0 Å². The monoisotopic (exact) mass is 409 g/mol. The summed E-state index contributed by atoms with van der Waals surface area (Å²) in [7, 11) is 0. The second kappa shape index (κ2) is 10.1. The fraction of sp³-hybridized carbons (Fsp3) is 0.286. The molecule has 0 atom stereocenters. The van der Waals surface area contributed by atoms with Crippen molar-refractivity contribution >= 4 is 41.4 Å². The van der Waals surface area contributed by atoms with Gasteiger partial charge in [0.05, 0.1) is 10.0 Å². The molecule has 1 aliphatic heterocycles. The van der Waals surface area contributed by atoms with Crippen molar-refractivity contribution in [2.75, 3.05) is 19.6 Å². The van der Waals surface area contributed by atoms with Crippen LogP contribution in [0.25, 0.3) is 0 Å². The van der Waals surface area contributed by atoms with Crippen LogP contribution in [0.3, 0.4) is 0 Å². The molecule has 0 saturated heterocycles. The molecule has 0 aromatic heterocycles. The lowest BCUT2D eigenvalue weighted by molar-refractivity contribution is 0.0966. The van der Waals surface area contributed by atoms with Gasteiger partial charge in [0, 0.05) is 31.6 Å². The highest BCUT2D eigenvalue weighted by Crippen LogP contribution is 2.23. The summed E-state index contributed by atoms with van der Waals surface area (Å²) in [5, 5.41) is 0.907. The molecule has 2 nitrogen and oxygen atoms in total. The van der Waals surface area contributed by atoms with Crippen molar-refractivity contribution in [3.8, 4) is 0 Å². The molecule has 0 aliphatic carbocycles. The molecule has 0 fully saturated rings. The predicted octanol–water partition coefficient (Wildman–Crippen LogP) is 5.86. The first-order chi connectivity index (χ1) is 12.1. The average molecular weight is 411 g/mol. The SMILES string of the molecule is Cl.O=C(CCN1CC=C(Cc2ccccc2)CC1)c1ccc(Cl)c(Cl)c1. The maximum Gasteiger partial charge on any atom is 0.164 e. The maximum atomic E-state index is 12.3. The largest absolute Gasteiger partial charge is 0.299 e. The lowest BCUT2D eigenvalue weighted by Crippen LogP contribution is -2.31. The minimum atomic E-state index is 0. The van der Waals surface area contributed by atoms with Gasteiger partial charge in [-0.1, -0.05) is 65.2 Å². The first kappa shape index (κ1) is 21.0. The predicted molar refractivity (Wildman–Crippen MR) is 112 cm³/mol. The van der Waals surface area contributed by atoms with E-state index >= 15 is 0 Å². The number of carbonyl (C=O) groups excluding carboxylic acids is 1. The van der Waals surface area contributed by atoms with Gasteiger partial charge in [-0.05, 0) is 36.6 Å². The molecule has 26 heavy (non-hydrogen) atoms. The molecule has 1 heterocycles. The molecule has 0 amide bonds. The van der Waals surface area contributed by atoms with E-state index in [1.807, 2.05) is 6.07 Å². The summed E-state index contributed by atoms with van der Waals surface area (Å²) in [4.78, 5) is 14.6. The number of nitrogens with zero attached hydrogens (tertiary/aromatic N) is 1. The summed E-state index contributed by atoms with van der Waals surface area (Å²) in [6, 6.07) is 15.6. The molecule has 2 aromatic rings. The number of rotatable bonds is 6. The van der Waals surface area contributed by atoms with Crippen LogP contribution in [0.2, 0.25) is 10.0 Å². The van der Waals surface area contributed by atoms with Crippen LogP contribution in [0, 0.1) is 0 Å². The number of benzene rings is 2. The van der Waals surface area contributed by atoms with Crippen LogP contribution in [0.1, 0.15) is 28.8 Å². The molecule has 1 aliphatic rings. The highest BCUT2D eigenvalue weighted by atomic mass is 35.5. The number of Topliss-reactive ketones (excluding diaryl/α,β-unsaturated/α-hetero) is 1.